The van der Waals surface area contributed by atoms with Gasteiger partial charge in [0.2, 0.25) is 6.79 Å². The standard InChI is InChI=1S/C18H24N4O2S/c1-4-19-18(21-9-17-22-14(10-25-17)12(2)3)20-8-13-5-6-15-16(7-13)24-11-23-15/h5-7,10,12H,4,8-9,11H2,1-3H3,(H2,19,20,21). The summed E-state index contributed by atoms with van der Waals surface area (Å²) in [5, 5.41) is 9.80. The molecule has 2 heterocycles. The van der Waals surface area contributed by atoms with Crippen LogP contribution in [0.2, 0.25) is 0 Å². The van der Waals surface area contributed by atoms with Crippen molar-refractivity contribution in [2.24, 2.45) is 4.99 Å². The van der Waals surface area contributed by atoms with Crippen molar-refractivity contribution in [2.45, 2.75) is 39.8 Å². The number of guanidine groups is 1. The fourth-order valence-corrected chi connectivity index (χ4v) is 3.28. The summed E-state index contributed by atoms with van der Waals surface area (Å²) in [4.78, 5) is 9.28. The molecule has 0 saturated heterocycles. The lowest BCUT2D eigenvalue weighted by Crippen LogP contribution is -2.36. The van der Waals surface area contributed by atoms with Crippen LogP contribution in [-0.2, 0) is 13.1 Å². The van der Waals surface area contributed by atoms with E-state index in [0.717, 1.165) is 40.3 Å². The zero-order valence-corrected chi connectivity index (χ0v) is 15.7. The molecule has 0 fully saturated rings. The highest BCUT2D eigenvalue weighted by molar-refractivity contribution is 7.09. The summed E-state index contributed by atoms with van der Waals surface area (Å²) >= 11 is 1.68. The Morgan fingerprint density at radius 2 is 2.12 bits per heavy atom. The van der Waals surface area contributed by atoms with Gasteiger partial charge in [0.1, 0.15) is 5.01 Å². The van der Waals surface area contributed by atoms with Crippen LogP contribution >= 0.6 is 11.3 Å². The van der Waals surface area contributed by atoms with E-state index in [-0.39, 0.29) is 0 Å². The molecule has 2 aromatic rings. The Hall–Kier alpha value is -2.28. The van der Waals surface area contributed by atoms with Gasteiger partial charge in [-0.25, -0.2) is 9.98 Å². The van der Waals surface area contributed by atoms with Crippen molar-refractivity contribution in [3.8, 4) is 11.5 Å². The van der Waals surface area contributed by atoms with Gasteiger partial charge in [-0.05, 0) is 30.5 Å². The minimum atomic E-state index is 0.290. The van der Waals surface area contributed by atoms with Gasteiger partial charge >= 0.3 is 0 Å². The second-order valence-electron chi connectivity index (χ2n) is 6.06. The molecular formula is C18H24N4O2S. The first kappa shape index (κ1) is 17.5. The number of ether oxygens (including phenoxy) is 2. The molecule has 0 amide bonds. The fourth-order valence-electron chi connectivity index (χ4n) is 2.38. The van der Waals surface area contributed by atoms with E-state index in [2.05, 4.69) is 46.8 Å². The molecule has 7 heteroatoms. The predicted molar refractivity (Wildman–Crippen MR) is 100 cm³/mol. The summed E-state index contributed by atoms with van der Waals surface area (Å²) in [7, 11) is 0. The zero-order chi connectivity index (χ0) is 17.6. The Morgan fingerprint density at radius 1 is 1.28 bits per heavy atom. The summed E-state index contributed by atoms with van der Waals surface area (Å²) in [5.74, 6) is 2.82. The van der Waals surface area contributed by atoms with Crippen molar-refractivity contribution in [1.82, 2.24) is 15.6 Å². The molecule has 0 spiro atoms. The van der Waals surface area contributed by atoms with Gasteiger partial charge in [-0.15, -0.1) is 11.3 Å². The Balaban J connectivity index is 1.60. The predicted octanol–water partition coefficient (Wildman–Crippen LogP) is 3.25. The van der Waals surface area contributed by atoms with Crippen LogP contribution in [0.25, 0.3) is 0 Å². The normalized spacial score (nSPS) is 13.4. The molecule has 0 radical (unpaired) electrons. The minimum absolute atomic E-state index is 0.290. The molecular weight excluding hydrogens is 336 g/mol. The molecule has 2 N–H and O–H groups in total. The number of benzene rings is 1. The summed E-state index contributed by atoms with van der Waals surface area (Å²) in [5.41, 5.74) is 2.22. The van der Waals surface area contributed by atoms with E-state index in [0.29, 0.717) is 25.8 Å². The van der Waals surface area contributed by atoms with Crippen LogP contribution in [0.5, 0.6) is 11.5 Å². The van der Waals surface area contributed by atoms with Gasteiger partial charge in [0.05, 0.1) is 18.8 Å². The lowest BCUT2D eigenvalue weighted by Gasteiger charge is -2.10. The van der Waals surface area contributed by atoms with E-state index >= 15 is 0 Å². The summed E-state index contributed by atoms with van der Waals surface area (Å²) < 4.78 is 10.7. The average molecular weight is 360 g/mol. The van der Waals surface area contributed by atoms with E-state index in [1.54, 1.807) is 11.3 Å². The van der Waals surface area contributed by atoms with Crippen molar-refractivity contribution in [3.63, 3.8) is 0 Å². The van der Waals surface area contributed by atoms with Crippen LogP contribution in [0.15, 0.2) is 28.6 Å². The minimum Gasteiger partial charge on any atom is -0.454 e. The first-order chi connectivity index (χ1) is 12.2. The van der Waals surface area contributed by atoms with Gasteiger partial charge in [0, 0.05) is 11.9 Å². The number of hydrogen-bond donors (Lipinski definition) is 2. The van der Waals surface area contributed by atoms with Crippen molar-refractivity contribution >= 4 is 17.3 Å². The third kappa shape index (κ3) is 4.63. The molecule has 1 aromatic heterocycles. The van der Waals surface area contributed by atoms with Gasteiger partial charge in [-0.3, -0.25) is 0 Å². The Kier molecular flexibility index (Phi) is 5.75. The molecule has 1 aliphatic heterocycles. The third-order valence-electron chi connectivity index (χ3n) is 3.77. The lowest BCUT2D eigenvalue weighted by molar-refractivity contribution is 0.174. The highest BCUT2D eigenvalue weighted by atomic mass is 32.1. The highest BCUT2D eigenvalue weighted by Crippen LogP contribution is 2.32. The summed E-state index contributed by atoms with van der Waals surface area (Å²) in [6.45, 7) is 8.70. The molecule has 6 nitrogen and oxygen atoms in total. The monoisotopic (exact) mass is 360 g/mol. The topological polar surface area (TPSA) is 67.8 Å². The second-order valence-corrected chi connectivity index (χ2v) is 7.00. The average Bonchev–Trinajstić information content (AvgIpc) is 3.25. The Bertz CT molecular complexity index is 742. The smallest absolute Gasteiger partial charge is 0.231 e. The van der Waals surface area contributed by atoms with Gasteiger partial charge in [0.15, 0.2) is 17.5 Å². The molecule has 0 aliphatic carbocycles. The Morgan fingerprint density at radius 3 is 2.88 bits per heavy atom. The number of fused-ring (bicyclic) bond motifs is 1. The molecule has 134 valence electrons. The molecule has 25 heavy (non-hydrogen) atoms. The molecule has 0 saturated carbocycles. The first-order valence-electron chi connectivity index (χ1n) is 8.50. The van der Waals surface area contributed by atoms with Gasteiger partial charge in [-0.1, -0.05) is 19.9 Å². The van der Waals surface area contributed by atoms with Gasteiger partial charge < -0.3 is 20.1 Å². The first-order valence-corrected chi connectivity index (χ1v) is 9.38. The molecule has 3 rings (SSSR count). The second kappa shape index (κ2) is 8.20. The van der Waals surface area contributed by atoms with Gasteiger partial charge in [0.25, 0.3) is 0 Å². The highest BCUT2D eigenvalue weighted by Gasteiger charge is 2.13. The largest absolute Gasteiger partial charge is 0.454 e. The summed E-state index contributed by atoms with van der Waals surface area (Å²) in [6.07, 6.45) is 0. The number of thiazole rings is 1. The number of rotatable bonds is 6. The fraction of sp³-hybridized carbons (Fsp3) is 0.444. The third-order valence-corrected chi connectivity index (χ3v) is 4.64. The summed E-state index contributed by atoms with van der Waals surface area (Å²) in [6, 6.07) is 5.91. The lowest BCUT2D eigenvalue weighted by atomic mass is 10.2. The van der Waals surface area contributed by atoms with E-state index in [1.165, 1.54) is 0 Å². The maximum absolute atomic E-state index is 5.41. The number of aromatic nitrogens is 1. The van der Waals surface area contributed by atoms with Crippen molar-refractivity contribution in [2.75, 3.05) is 13.3 Å². The maximum atomic E-state index is 5.41. The maximum Gasteiger partial charge on any atom is 0.231 e. The number of hydrogen-bond acceptors (Lipinski definition) is 5. The number of nitrogens with zero attached hydrogens (tertiary/aromatic N) is 2. The van der Waals surface area contributed by atoms with E-state index in [4.69, 9.17) is 9.47 Å². The molecule has 0 unspecified atom stereocenters. The van der Waals surface area contributed by atoms with Crippen LogP contribution in [-0.4, -0.2) is 24.3 Å². The number of nitrogens with one attached hydrogen (secondary N) is 2. The van der Waals surface area contributed by atoms with Crippen LogP contribution in [0, 0.1) is 0 Å². The zero-order valence-electron chi connectivity index (χ0n) is 14.8. The molecule has 1 aliphatic rings. The van der Waals surface area contributed by atoms with E-state index in [9.17, 15) is 0 Å². The van der Waals surface area contributed by atoms with Crippen LogP contribution in [0.1, 0.15) is 43.0 Å². The quantitative estimate of drug-likeness (QED) is 0.611. The van der Waals surface area contributed by atoms with Crippen molar-refractivity contribution in [1.29, 1.82) is 0 Å². The van der Waals surface area contributed by atoms with E-state index in [1.807, 2.05) is 18.2 Å². The van der Waals surface area contributed by atoms with Crippen LogP contribution < -0.4 is 20.1 Å². The molecule has 0 atom stereocenters. The van der Waals surface area contributed by atoms with Gasteiger partial charge in [-0.2, -0.15) is 0 Å². The van der Waals surface area contributed by atoms with Crippen LogP contribution in [0.3, 0.4) is 0 Å². The van der Waals surface area contributed by atoms with Crippen molar-refractivity contribution in [3.05, 3.63) is 39.8 Å². The SMILES string of the molecule is CCNC(=NCc1ccc2c(c1)OCO2)NCc1nc(C(C)C)cs1. The number of aliphatic imine (C=N–C) groups is 1. The molecule has 1 aromatic carbocycles. The van der Waals surface area contributed by atoms with E-state index < -0.39 is 0 Å². The Labute approximate surface area is 152 Å². The van der Waals surface area contributed by atoms with Crippen LogP contribution in [0.4, 0.5) is 0 Å². The molecule has 0 bridgehead atoms. The van der Waals surface area contributed by atoms with Crippen molar-refractivity contribution < 1.29 is 9.47 Å².